The van der Waals surface area contributed by atoms with E-state index in [9.17, 15) is 4.79 Å². The summed E-state index contributed by atoms with van der Waals surface area (Å²) in [5, 5.41) is 5.92. The van der Waals surface area contributed by atoms with E-state index in [2.05, 4.69) is 36.4 Å². The molecule has 2 N–H and O–H groups in total. The summed E-state index contributed by atoms with van der Waals surface area (Å²) in [6.07, 6.45) is 3.25. The lowest BCUT2D eigenvalue weighted by atomic mass is 9.98. The predicted octanol–water partition coefficient (Wildman–Crippen LogP) is 2.15. The Kier molecular flexibility index (Phi) is 4.94. The molecule has 0 aliphatic rings. The van der Waals surface area contributed by atoms with E-state index in [-0.39, 0.29) is 5.91 Å². The first-order chi connectivity index (χ1) is 8.06. The fraction of sp³-hybridized carbons (Fsp3) is 0.538. The third kappa shape index (κ3) is 3.73. The fourth-order valence-electron chi connectivity index (χ4n) is 1.38. The quantitative estimate of drug-likeness (QED) is 0.822. The molecule has 1 atom stereocenters. The lowest BCUT2D eigenvalue weighted by Crippen LogP contribution is -2.30. The molecule has 0 aliphatic carbocycles. The molecule has 0 saturated carbocycles. The molecule has 1 aromatic rings. The minimum atomic E-state index is -0.0741. The summed E-state index contributed by atoms with van der Waals surface area (Å²) in [5.41, 5.74) is 1.39. The van der Waals surface area contributed by atoms with E-state index in [1.807, 2.05) is 0 Å². The zero-order valence-electron chi connectivity index (χ0n) is 10.9. The van der Waals surface area contributed by atoms with Gasteiger partial charge in [0.1, 0.15) is 0 Å². The number of carbonyl (C=O) groups is 1. The summed E-state index contributed by atoms with van der Waals surface area (Å²) < 4.78 is 0. The van der Waals surface area contributed by atoms with Crippen molar-refractivity contribution in [1.29, 1.82) is 0 Å². The Bertz CT molecular complexity index is 377. The first-order valence-electron chi connectivity index (χ1n) is 5.96. The first-order valence-corrected chi connectivity index (χ1v) is 5.96. The lowest BCUT2D eigenvalue weighted by Gasteiger charge is -2.16. The van der Waals surface area contributed by atoms with E-state index in [0.29, 0.717) is 23.9 Å². The maximum atomic E-state index is 12.0. The van der Waals surface area contributed by atoms with Crippen molar-refractivity contribution in [2.24, 2.45) is 11.8 Å². The first kappa shape index (κ1) is 13.5. The van der Waals surface area contributed by atoms with E-state index < -0.39 is 0 Å². The third-order valence-electron chi connectivity index (χ3n) is 3.06. The normalized spacial score (nSPS) is 12.3. The number of pyridine rings is 1. The lowest BCUT2D eigenvalue weighted by molar-refractivity contribution is 0.0945. The highest BCUT2D eigenvalue weighted by Gasteiger charge is 2.13. The van der Waals surface area contributed by atoms with Gasteiger partial charge in [0.05, 0.1) is 5.56 Å². The maximum Gasteiger partial charge on any atom is 0.254 e. The van der Waals surface area contributed by atoms with Crippen LogP contribution in [0.4, 0.5) is 5.69 Å². The Morgan fingerprint density at radius 3 is 2.71 bits per heavy atom. The average molecular weight is 235 g/mol. The Hall–Kier alpha value is -1.58. The number of carbonyl (C=O) groups excluding carboxylic acids is 1. The van der Waals surface area contributed by atoms with Crippen LogP contribution in [0.2, 0.25) is 0 Å². The second-order valence-corrected chi connectivity index (χ2v) is 4.60. The number of rotatable bonds is 5. The number of nitrogens with one attached hydrogen (secondary N) is 2. The molecule has 1 amide bonds. The van der Waals surface area contributed by atoms with E-state index in [0.717, 1.165) is 5.69 Å². The number of nitrogens with zero attached hydrogens (tertiary/aromatic N) is 1. The van der Waals surface area contributed by atoms with Crippen LogP contribution in [0, 0.1) is 11.8 Å². The van der Waals surface area contributed by atoms with Gasteiger partial charge in [0, 0.05) is 31.7 Å². The number of anilines is 1. The van der Waals surface area contributed by atoms with Gasteiger partial charge in [0.25, 0.3) is 5.91 Å². The van der Waals surface area contributed by atoms with Crippen LogP contribution in [0.15, 0.2) is 18.5 Å². The van der Waals surface area contributed by atoms with Crippen LogP contribution >= 0.6 is 0 Å². The van der Waals surface area contributed by atoms with Gasteiger partial charge in [-0.25, -0.2) is 0 Å². The Morgan fingerprint density at radius 1 is 1.41 bits per heavy atom. The van der Waals surface area contributed by atoms with Crippen molar-refractivity contribution in [2.45, 2.75) is 20.8 Å². The summed E-state index contributed by atoms with van der Waals surface area (Å²) in [5.74, 6) is 0.955. The van der Waals surface area contributed by atoms with E-state index in [1.165, 1.54) is 0 Å². The van der Waals surface area contributed by atoms with Crippen molar-refractivity contribution < 1.29 is 4.79 Å². The van der Waals surface area contributed by atoms with Crippen molar-refractivity contribution in [2.75, 3.05) is 18.9 Å². The predicted molar refractivity (Wildman–Crippen MR) is 70.1 cm³/mol. The van der Waals surface area contributed by atoms with Crippen LogP contribution < -0.4 is 10.6 Å². The summed E-state index contributed by atoms with van der Waals surface area (Å²) in [6.45, 7) is 7.13. The highest BCUT2D eigenvalue weighted by atomic mass is 16.1. The minimum Gasteiger partial charge on any atom is -0.387 e. The number of aromatic nitrogens is 1. The molecule has 0 bridgehead atoms. The Labute approximate surface area is 103 Å². The molecule has 4 heteroatoms. The summed E-state index contributed by atoms with van der Waals surface area (Å²) in [7, 11) is 1.79. The van der Waals surface area contributed by atoms with E-state index in [1.54, 1.807) is 25.5 Å². The molecule has 1 heterocycles. The summed E-state index contributed by atoms with van der Waals surface area (Å²) in [4.78, 5) is 15.9. The zero-order chi connectivity index (χ0) is 12.8. The second kappa shape index (κ2) is 6.23. The Morgan fingerprint density at radius 2 is 2.12 bits per heavy atom. The van der Waals surface area contributed by atoms with Crippen molar-refractivity contribution in [3.05, 3.63) is 24.0 Å². The van der Waals surface area contributed by atoms with E-state index >= 15 is 0 Å². The van der Waals surface area contributed by atoms with Crippen molar-refractivity contribution >= 4 is 11.6 Å². The average Bonchev–Trinajstić information content (AvgIpc) is 2.35. The van der Waals surface area contributed by atoms with Gasteiger partial charge >= 0.3 is 0 Å². The molecule has 0 aromatic carbocycles. The maximum absolute atomic E-state index is 12.0. The molecule has 0 aliphatic heterocycles. The van der Waals surface area contributed by atoms with Crippen LogP contribution in [-0.2, 0) is 0 Å². The smallest absolute Gasteiger partial charge is 0.254 e. The SMILES string of the molecule is CNc1ccncc1C(=O)NCC(C)C(C)C. The molecule has 4 nitrogen and oxygen atoms in total. The van der Waals surface area contributed by atoms with Gasteiger partial charge in [-0.2, -0.15) is 0 Å². The van der Waals surface area contributed by atoms with Gasteiger partial charge in [-0.15, -0.1) is 0 Å². The largest absolute Gasteiger partial charge is 0.387 e. The van der Waals surface area contributed by atoms with Gasteiger partial charge in [0.2, 0.25) is 0 Å². The van der Waals surface area contributed by atoms with Gasteiger partial charge in [-0.1, -0.05) is 20.8 Å². The topological polar surface area (TPSA) is 54.0 Å². The standard InChI is InChI=1S/C13H21N3O/c1-9(2)10(3)7-16-13(17)11-8-15-6-5-12(11)14-4/h5-6,8-10H,7H2,1-4H3,(H,14,15)(H,16,17). The number of amides is 1. The monoisotopic (exact) mass is 235 g/mol. The van der Waals surface area contributed by atoms with Gasteiger partial charge < -0.3 is 10.6 Å². The second-order valence-electron chi connectivity index (χ2n) is 4.60. The summed E-state index contributed by atoms with van der Waals surface area (Å²) >= 11 is 0. The number of hydrogen-bond acceptors (Lipinski definition) is 3. The van der Waals surface area contributed by atoms with E-state index in [4.69, 9.17) is 0 Å². The highest BCUT2D eigenvalue weighted by Crippen LogP contribution is 2.13. The molecule has 94 valence electrons. The van der Waals surface area contributed by atoms with Gasteiger partial charge in [-0.3, -0.25) is 9.78 Å². The van der Waals surface area contributed by atoms with Gasteiger partial charge in [-0.05, 0) is 17.9 Å². The van der Waals surface area contributed by atoms with Crippen LogP contribution in [0.25, 0.3) is 0 Å². The van der Waals surface area contributed by atoms with Crippen LogP contribution in [0.5, 0.6) is 0 Å². The van der Waals surface area contributed by atoms with Crippen molar-refractivity contribution in [3.8, 4) is 0 Å². The van der Waals surface area contributed by atoms with Crippen molar-refractivity contribution in [1.82, 2.24) is 10.3 Å². The molecular weight excluding hydrogens is 214 g/mol. The molecule has 1 unspecified atom stereocenters. The van der Waals surface area contributed by atoms with Crippen LogP contribution in [-0.4, -0.2) is 24.5 Å². The fourth-order valence-corrected chi connectivity index (χ4v) is 1.38. The third-order valence-corrected chi connectivity index (χ3v) is 3.06. The molecular formula is C13H21N3O. The summed E-state index contributed by atoms with van der Waals surface area (Å²) in [6, 6.07) is 1.79. The zero-order valence-corrected chi connectivity index (χ0v) is 10.9. The Balaban J connectivity index is 2.64. The molecule has 0 radical (unpaired) electrons. The number of hydrogen-bond donors (Lipinski definition) is 2. The molecule has 0 saturated heterocycles. The molecule has 17 heavy (non-hydrogen) atoms. The van der Waals surface area contributed by atoms with Crippen molar-refractivity contribution in [3.63, 3.8) is 0 Å². The van der Waals surface area contributed by atoms with Crippen LogP contribution in [0.1, 0.15) is 31.1 Å². The van der Waals surface area contributed by atoms with Gasteiger partial charge in [0.15, 0.2) is 0 Å². The minimum absolute atomic E-state index is 0.0741. The molecule has 1 rings (SSSR count). The molecule has 0 spiro atoms. The molecule has 0 fully saturated rings. The van der Waals surface area contributed by atoms with Crippen LogP contribution in [0.3, 0.4) is 0 Å². The highest BCUT2D eigenvalue weighted by molar-refractivity contribution is 5.99. The molecule has 1 aromatic heterocycles.